The molecule has 102 valence electrons. The first-order valence-corrected chi connectivity index (χ1v) is 7.41. The molecule has 0 unspecified atom stereocenters. The van der Waals surface area contributed by atoms with Crippen molar-refractivity contribution in [2.45, 2.75) is 52.0 Å². The van der Waals surface area contributed by atoms with Gasteiger partial charge in [0.2, 0.25) is 5.91 Å². The van der Waals surface area contributed by atoms with E-state index in [2.05, 4.69) is 31.1 Å². The van der Waals surface area contributed by atoms with Gasteiger partial charge in [-0.25, -0.2) is 4.98 Å². The molecule has 1 rings (SSSR count). The quantitative estimate of drug-likeness (QED) is 0.794. The lowest BCUT2D eigenvalue weighted by Crippen LogP contribution is -2.53. The predicted octanol–water partition coefficient (Wildman–Crippen LogP) is 1.88. The van der Waals surface area contributed by atoms with E-state index in [1.807, 2.05) is 5.38 Å². The zero-order valence-corrected chi connectivity index (χ0v) is 12.3. The minimum atomic E-state index is -0.263. The fraction of sp³-hybridized carbons (Fsp3) is 0.692. The monoisotopic (exact) mass is 269 g/mol. The molecule has 0 saturated heterocycles. The van der Waals surface area contributed by atoms with Crippen molar-refractivity contribution in [1.29, 1.82) is 0 Å². The van der Waals surface area contributed by atoms with Crippen LogP contribution in [-0.2, 0) is 17.6 Å². The predicted molar refractivity (Wildman–Crippen MR) is 75.7 cm³/mol. The Hall–Kier alpha value is -0.940. The largest absolute Gasteiger partial charge is 0.349 e. The lowest BCUT2D eigenvalue weighted by molar-refractivity contribution is -0.122. The summed E-state index contributed by atoms with van der Waals surface area (Å²) in [6, 6.07) is 0. The second-order valence-corrected chi connectivity index (χ2v) is 5.45. The maximum atomic E-state index is 12.0. The summed E-state index contributed by atoms with van der Waals surface area (Å²) >= 11 is 1.61. The first-order chi connectivity index (χ1) is 8.59. The van der Waals surface area contributed by atoms with E-state index >= 15 is 0 Å². The van der Waals surface area contributed by atoms with Crippen molar-refractivity contribution in [3.8, 4) is 0 Å². The number of hydrogen-bond donors (Lipinski definition) is 2. The van der Waals surface area contributed by atoms with Crippen molar-refractivity contribution in [2.24, 2.45) is 5.73 Å². The molecule has 0 aliphatic heterocycles. The molecule has 1 aromatic heterocycles. The molecule has 3 N–H and O–H groups in total. The van der Waals surface area contributed by atoms with Gasteiger partial charge in [0.25, 0.3) is 0 Å². The highest BCUT2D eigenvalue weighted by Gasteiger charge is 2.26. The molecule has 0 aliphatic carbocycles. The van der Waals surface area contributed by atoms with Crippen LogP contribution in [0.2, 0.25) is 0 Å². The summed E-state index contributed by atoms with van der Waals surface area (Å²) in [7, 11) is 0. The summed E-state index contributed by atoms with van der Waals surface area (Å²) in [5.74, 6) is 0.0112. The van der Waals surface area contributed by atoms with Gasteiger partial charge in [0.05, 0.1) is 22.7 Å². The van der Waals surface area contributed by atoms with E-state index in [0.717, 1.165) is 30.0 Å². The summed E-state index contributed by atoms with van der Waals surface area (Å²) in [6.45, 7) is 6.64. The normalized spacial score (nSPS) is 11.6. The molecule has 0 aliphatic rings. The Bertz CT molecular complexity index is 377. The SMILES string of the molecule is CCc1nc(CC(=O)NC(CC)(CC)CN)cs1. The molecular formula is C13H23N3OS. The van der Waals surface area contributed by atoms with E-state index in [0.29, 0.717) is 13.0 Å². The third kappa shape index (κ3) is 3.78. The maximum absolute atomic E-state index is 12.0. The van der Waals surface area contributed by atoms with Gasteiger partial charge in [0.15, 0.2) is 0 Å². The molecule has 0 bridgehead atoms. The molecule has 18 heavy (non-hydrogen) atoms. The Morgan fingerprint density at radius 3 is 2.56 bits per heavy atom. The van der Waals surface area contributed by atoms with Crippen LogP contribution in [0.3, 0.4) is 0 Å². The van der Waals surface area contributed by atoms with E-state index in [4.69, 9.17) is 5.73 Å². The van der Waals surface area contributed by atoms with Crippen LogP contribution in [0.5, 0.6) is 0 Å². The van der Waals surface area contributed by atoms with Gasteiger partial charge in [0.1, 0.15) is 0 Å². The van der Waals surface area contributed by atoms with Crippen LogP contribution in [0.4, 0.5) is 0 Å². The van der Waals surface area contributed by atoms with Crippen LogP contribution >= 0.6 is 11.3 Å². The van der Waals surface area contributed by atoms with Crippen LogP contribution in [0.15, 0.2) is 5.38 Å². The van der Waals surface area contributed by atoms with Gasteiger partial charge < -0.3 is 11.1 Å². The summed E-state index contributed by atoms with van der Waals surface area (Å²) in [5, 5.41) is 6.09. The summed E-state index contributed by atoms with van der Waals surface area (Å²) in [4.78, 5) is 16.4. The Balaban J connectivity index is 2.60. The lowest BCUT2D eigenvalue weighted by Gasteiger charge is -2.31. The minimum absolute atomic E-state index is 0.0112. The highest BCUT2D eigenvalue weighted by Crippen LogP contribution is 2.15. The number of rotatable bonds is 7. The summed E-state index contributed by atoms with van der Waals surface area (Å²) < 4.78 is 0. The molecule has 0 aromatic carbocycles. The number of nitrogens with zero attached hydrogens (tertiary/aromatic N) is 1. The van der Waals surface area contributed by atoms with Crippen LogP contribution < -0.4 is 11.1 Å². The summed E-state index contributed by atoms with van der Waals surface area (Å²) in [6.07, 6.45) is 2.97. The van der Waals surface area contributed by atoms with Crippen molar-refractivity contribution in [3.63, 3.8) is 0 Å². The van der Waals surface area contributed by atoms with Crippen molar-refractivity contribution < 1.29 is 4.79 Å². The number of aryl methyl sites for hydroxylation is 1. The van der Waals surface area contributed by atoms with Crippen LogP contribution in [0, 0.1) is 0 Å². The van der Waals surface area contributed by atoms with Gasteiger partial charge in [-0.1, -0.05) is 20.8 Å². The Morgan fingerprint density at radius 2 is 2.11 bits per heavy atom. The van der Waals surface area contributed by atoms with Gasteiger partial charge >= 0.3 is 0 Å². The number of thiazole rings is 1. The van der Waals surface area contributed by atoms with Gasteiger partial charge in [0, 0.05) is 11.9 Å². The smallest absolute Gasteiger partial charge is 0.226 e. The summed E-state index contributed by atoms with van der Waals surface area (Å²) in [5.41, 5.74) is 6.36. The molecule has 1 amide bonds. The fourth-order valence-electron chi connectivity index (χ4n) is 1.86. The first-order valence-electron chi connectivity index (χ1n) is 6.53. The third-order valence-corrected chi connectivity index (χ3v) is 4.43. The standard InChI is InChI=1S/C13H23N3OS/c1-4-12-15-10(8-18-12)7-11(17)16-13(5-2,6-3)9-14/h8H,4-7,9,14H2,1-3H3,(H,16,17). The number of aromatic nitrogens is 1. The van der Waals surface area contributed by atoms with Crippen molar-refractivity contribution in [1.82, 2.24) is 10.3 Å². The van der Waals surface area contributed by atoms with Crippen LogP contribution in [0.25, 0.3) is 0 Å². The molecule has 1 aromatic rings. The molecule has 4 nitrogen and oxygen atoms in total. The highest BCUT2D eigenvalue weighted by atomic mass is 32.1. The Morgan fingerprint density at radius 1 is 1.44 bits per heavy atom. The van der Waals surface area contributed by atoms with Crippen LogP contribution in [-0.4, -0.2) is 23.0 Å². The molecule has 0 radical (unpaired) electrons. The second kappa shape index (κ2) is 6.85. The van der Waals surface area contributed by atoms with Crippen LogP contribution in [0.1, 0.15) is 44.3 Å². The van der Waals surface area contributed by atoms with E-state index in [1.54, 1.807) is 11.3 Å². The molecule has 5 heteroatoms. The zero-order chi connectivity index (χ0) is 13.6. The number of nitrogens with two attached hydrogens (primary N) is 1. The maximum Gasteiger partial charge on any atom is 0.226 e. The Labute approximate surface area is 113 Å². The number of nitrogens with one attached hydrogen (secondary N) is 1. The Kier molecular flexibility index (Phi) is 5.75. The molecular weight excluding hydrogens is 246 g/mol. The third-order valence-electron chi connectivity index (χ3n) is 3.39. The van der Waals surface area contributed by atoms with E-state index in [-0.39, 0.29) is 11.4 Å². The molecule has 1 heterocycles. The number of hydrogen-bond acceptors (Lipinski definition) is 4. The zero-order valence-electron chi connectivity index (χ0n) is 11.5. The number of carbonyl (C=O) groups is 1. The molecule has 0 spiro atoms. The number of amides is 1. The van der Waals surface area contributed by atoms with Gasteiger partial charge in [-0.3, -0.25) is 4.79 Å². The van der Waals surface area contributed by atoms with Crippen molar-refractivity contribution >= 4 is 17.2 Å². The molecule has 0 saturated carbocycles. The average Bonchev–Trinajstić information content (AvgIpc) is 2.83. The average molecular weight is 269 g/mol. The van der Waals surface area contributed by atoms with E-state index in [1.165, 1.54) is 0 Å². The second-order valence-electron chi connectivity index (χ2n) is 4.50. The highest BCUT2D eigenvalue weighted by molar-refractivity contribution is 7.09. The fourth-order valence-corrected chi connectivity index (χ4v) is 2.61. The minimum Gasteiger partial charge on any atom is -0.349 e. The topological polar surface area (TPSA) is 68.0 Å². The molecule has 0 atom stereocenters. The number of carbonyl (C=O) groups excluding carboxylic acids is 1. The van der Waals surface area contributed by atoms with Gasteiger partial charge in [-0.15, -0.1) is 11.3 Å². The van der Waals surface area contributed by atoms with E-state index < -0.39 is 0 Å². The van der Waals surface area contributed by atoms with Crippen molar-refractivity contribution in [2.75, 3.05) is 6.54 Å². The van der Waals surface area contributed by atoms with Gasteiger partial charge in [-0.2, -0.15) is 0 Å². The van der Waals surface area contributed by atoms with E-state index in [9.17, 15) is 4.79 Å². The first kappa shape index (κ1) is 15.1. The lowest BCUT2D eigenvalue weighted by atomic mass is 9.92. The van der Waals surface area contributed by atoms with Crippen molar-refractivity contribution in [3.05, 3.63) is 16.1 Å². The molecule has 0 fully saturated rings. The van der Waals surface area contributed by atoms with Gasteiger partial charge in [-0.05, 0) is 19.3 Å².